The van der Waals surface area contributed by atoms with Crippen LogP contribution in [-0.4, -0.2) is 21.0 Å². The van der Waals surface area contributed by atoms with Crippen LogP contribution in [0.1, 0.15) is 28.5 Å². The first-order valence-electron chi connectivity index (χ1n) is 6.06. The van der Waals surface area contributed by atoms with E-state index in [-0.39, 0.29) is 5.56 Å². The molecule has 0 aliphatic heterocycles. The second kappa shape index (κ2) is 5.95. The Hall–Kier alpha value is -2.43. The van der Waals surface area contributed by atoms with Gasteiger partial charge in [0, 0.05) is 12.4 Å². The van der Waals surface area contributed by atoms with Crippen LogP contribution in [0.3, 0.4) is 0 Å². The van der Waals surface area contributed by atoms with Crippen LogP contribution in [0, 0.1) is 0 Å². The maximum atomic E-state index is 10.7. The molecule has 19 heavy (non-hydrogen) atoms. The van der Waals surface area contributed by atoms with Crippen molar-refractivity contribution in [1.29, 1.82) is 0 Å². The van der Waals surface area contributed by atoms with Crippen molar-refractivity contribution >= 4 is 11.8 Å². The van der Waals surface area contributed by atoms with Crippen LogP contribution in [-0.2, 0) is 13.0 Å². The summed E-state index contributed by atoms with van der Waals surface area (Å²) in [5.74, 6) is -0.338. The van der Waals surface area contributed by atoms with Gasteiger partial charge in [0.1, 0.15) is 5.82 Å². The van der Waals surface area contributed by atoms with Crippen LogP contribution in [0.15, 0.2) is 36.7 Å². The zero-order valence-electron chi connectivity index (χ0n) is 10.6. The van der Waals surface area contributed by atoms with Crippen LogP contribution < -0.4 is 5.32 Å². The lowest BCUT2D eigenvalue weighted by Crippen LogP contribution is -2.06. The van der Waals surface area contributed by atoms with Crippen LogP contribution in [0.25, 0.3) is 0 Å². The fraction of sp³-hybridized carbons (Fsp3) is 0.214. The zero-order chi connectivity index (χ0) is 13.7. The Morgan fingerprint density at radius 3 is 2.79 bits per heavy atom. The Morgan fingerprint density at radius 2 is 2.16 bits per heavy atom. The molecule has 0 aliphatic rings. The summed E-state index contributed by atoms with van der Waals surface area (Å²) in [4.78, 5) is 19.1. The van der Waals surface area contributed by atoms with Gasteiger partial charge in [0.2, 0.25) is 0 Å². The highest BCUT2D eigenvalue weighted by Gasteiger charge is 2.04. The molecule has 0 unspecified atom stereocenters. The minimum atomic E-state index is -0.975. The number of anilines is 1. The average Bonchev–Trinajstić information content (AvgIpc) is 2.45. The molecule has 0 aliphatic carbocycles. The lowest BCUT2D eigenvalue weighted by molar-refractivity contribution is 0.0696. The molecule has 2 N–H and O–H groups in total. The van der Waals surface area contributed by atoms with Gasteiger partial charge in [0.25, 0.3) is 0 Å². The number of nitrogens with one attached hydrogen (secondary N) is 1. The molecule has 0 amide bonds. The smallest absolute Gasteiger partial charge is 0.337 e. The van der Waals surface area contributed by atoms with Gasteiger partial charge in [-0.15, -0.1) is 0 Å². The van der Waals surface area contributed by atoms with Crippen molar-refractivity contribution in [3.05, 3.63) is 53.5 Å². The molecule has 2 aromatic rings. The minimum absolute atomic E-state index is 0.178. The summed E-state index contributed by atoms with van der Waals surface area (Å²) >= 11 is 0. The van der Waals surface area contributed by atoms with Crippen molar-refractivity contribution in [2.75, 3.05) is 5.32 Å². The third-order valence-electron chi connectivity index (χ3n) is 2.81. The van der Waals surface area contributed by atoms with Gasteiger partial charge < -0.3 is 10.4 Å². The molecule has 2 heterocycles. The summed E-state index contributed by atoms with van der Waals surface area (Å²) in [5.41, 5.74) is 2.35. The highest BCUT2D eigenvalue weighted by atomic mass is 16.4. The molecule has 0 radical (unpaired) electrons. The Morgan fingerprint density at radius 1 is 1.32 bits per heavy atom. The lowest BCUT2D eigenvalue weighted by atomic mass is 10.1. The number of rotatable bonds is 5. The number of pyridine rings is 2. The van der Waals surface area contributed by atoms with Crippen molar-refractivity contribution in [2.45, 2.75) is 19.9 Å². The van der Waals surface area contributed by atoms with Gasteiger partial charge in [-0.25, -0.2) is 9.78 Å². The molecule has 0 saturated heterocycles. The van der Waals surface area contributed by atoms with E-state index in [1.54, 1.807) is 12.3 Å². The quantitative estimate of drug-likeness (QED) is 0.860. The maximum absolute atomic E-state index is 10.7. The van der Waals surface area contributed by atoms with E-state index in [0.29, 0.717) is 12.4 Å². The molecule has 0 aromatic carbocycles. The molecule has 5 heteroatoms. The standard InChI is InChI=1S/C14H15N3O2/c1-2-10-4-3-7-15-12(10)9-17-13-6-5-11(8-16-13)14(18)19/h3-8H,2,9H2,1H3,(H,16,17)(H,18,19). The van der Waals surface area contributed by atoms with Gasteiger partial charge in [-0.3, -0.25) is 4.98 Å². The topological polar surface area (TPSA) is 75.1 Å². The Bertz CT molecular complexity index is 567. The summed E-state index contributed by atoms with van der Waals surface area (Å²) in [6.45, 7) is 2.66. The molecule has 0 fully saturated rings. The molecule has 5 nitrogen and oxygen atoms in total. The number of hydrogen-bond acceptors (Lipinski definition) is 4. The number of carbonyl (C=O) groups is 1. The summed E-state index contributed by atoms with van der Waals surface area (Å²) in [7, 11) is 0. The normalized spacial score (nSPS) is 10.2. The Labute approximate surface area is 111 Å². The van der Waals surface area contributed by atoms with Crippen molar-refractivity contribution in [1.82, 2.24) is 9.97 Å². The summed E-state index contributed by atoms with van der Waals surface area (Å²) in [6.07, 6.45) is 4.02. The number of nitrogens with zero attached hydrogens (tertiary/aromatic N) is 2. The van der Waals surface area contributed by atoms with Crippen molar-refractivity contribution < 1.29 is 9.90 Å². The third-order valence-corrected chi connectivity index (χ3v) is 2.81. The van der Waals surface area contributed by atoms with Crippen molar-refractivity contribution in [2.24, 2.45) is 0 Å². The molecule has 0 atom stereocenters. The monoisotopic (exact) mass is 257 g/mol. The maximum Gasteiger partial charge on any atom is 0.337 e. The fourth-order valence-electron chi connectivity index (χ4n) is 1.75. The number of aromatic nitrogens is 2. The van der Waals surface area contributed by atoms with Gasteiger partial charge in [-0.1, -0.05) is 13.0 Å². The zero-order valence-corrected chi connectivity index (χ0v) is 10.6. The average molecular weight is 257 g/mol. The van der Waals surface area contributed by atoms with E-state index in [1.165, 1.54) is 17.8 Å². The molecular formula is C14H15N3O2. The lowest BCUT2D eigenvalue weighted by Gasteiger charge is -2.08. The molecule has 2 aromatic heterocycles. The highest BCUT2D eigenvalue weighted by Crippen LogP contribution is 2.10. The number of hydrogen-bond donors (Lipinski definition) is 2. The number of carboxylic acid groups (broad SMARTS) is 1. The SMILES string of the molecule is CCc1cccnc1CNc1ccc(C(=O)O)cn1. The van der Waals surface area contributed by atoms with Crippen LogP contribution in [0.4, 0.5) is 5.82 Å². The van der Waals surface area contributed by atoms with Gasteiger partial charge in [0.05, 0.1) is 17.8 Å². The number of aromatic carboxylic acids is 1. The second-order valence-corrected chi connectivity index (χ2v) is 4.05. The van der Waals surface area contributed by atoms with E-state index in [0.717, 1.165) is 12.1 Å². The predicted octanol–water partition coefficient (Wildman–Crippen LogP) is 2.35. The van der Waals surface area contributed by atoms with Gasteiger partial charge in [-0.2, -0.15) is 0 Å². The second-order valence-electron chi connectivity index (χ2n) is 4.05. The predicted molar refractivity (Wildman–Crippen MR) is 72.1 cm³/mol. The first-order valence-corrected chi connectivity index (χ1v) is 6.06. The van der Waals surface area contributed by atoms with Crippen molar-refractivity contribution in [3.8, 4) is 0 Å². The molecule has 0 saturated carbocycles. The first-order chi connectivity index (χ1) is 9.20. The van der Waals surface area contributed by atoms with E-state index >= 15 is 0 Å². The van der Waals surface area contributed by atoms with E-state index in [2.05, 4.69) is 22.2 Å². The molecule has 98 valence electrons. The van der Waals surface area contributed by atoms with E-state index in [1.807, 2.05) is 12.1 Å². The Kier molecular flexibility index (Phi) is 4.07. The first kappa shape index (κ1) is 13.0. The highest BCUT2D eigenvalue weighted by molar-refractivity contribution is 5.87. The number of carboxylic acids is 1. The number of aryl methyl sites for hydroxylation is 1. The van der Waals surface area contributed by atoms with Crippen LogP contribution in [0.2, 0.25) is 0 Å². The minimum Gasteiger partial charge on any atom is -0.478 e. The van der Waals surface area contributed by atoms with E-state index in [4.69, 9.17) is 5.11 Å². The molecule has 2 rings (SSSR count). The van der Waals surface area contributed by atoms with E-state index < -0.39 is 5.97 Å². The van der Waals surface area contributed by atoms with E-state index in [9.17, 15) is 4.79 Å². The summed E-state index contributed by atoms with van der Waals surface area (Å²) < 4.78 is 0. The van der Waals surface area contributed by atoms with Gasteiger partial charge >= 0.3 is 5.97 Å². The third kappa shape index (κ3) is 3.28. The largest absolute Gasteiger partial charge is 0.478 e. The van der Waals surface area contributed by atoms with Gasteiger partial charge in [0.15, 0.2) is 0 Å². The van der Waals surface area contributed by atoms with Gasteiger partial charge in [-0.05, 0) is 30.2 Å². The molecule has 0 spiro atoms. The summed E-state index contributed by atoms with van der Waals surface area (Å²) in [5, 5.41) is 11.9. The van der Waals surface area contributed by atoms with Crippen molar-refractivity contribution in [3.63, 3.8) is 0 Å². The molecule has 0 bridgehead atoms. The fourth-order valence-corrected chi connectivity index (χ4v) is 1.75. The molecular weight excluding hydrogens is 242 g/mol. The van der Waals surface area contributed by atoms with Crippen LogP contribution >= 0.6 is 0 Å². The summed E-state index contributed by atoms with van der Waals surface area (Å²) in [6, 6.07) is 7.14. The Balaban J connectivity index is 2.04. The van der Waals surface area contributed by atoms with Crippen LogP contribution in [0.5, 0.6) is 0 Å².